The number of rotatable bonds is 8. The summed E-state index contributed by atoms with van der Waals surface area (Å²) in [6.07, 6.45) is 1.65. The molecule has 2 rings (SSSR count). The van der Waals surface area contributed by atoms with Crippen LogP contribution < -0.4 is 15.8 Å². The molecule has 2 aromatic rings. The van der Waals surface area contributed by atoms with E-state index in [4.69, 9.17) is 15.6 Å². The summed E-state index contributed by atoms with van der Waals surface area (Å²) in [5, 5.41) is 11.6. The van der Waals surface area contributed by atoms with Gasteiger partial charge in [0.15, 0.2) is 0 Å². The van der Waals surface area contributed by atoms with Crippen molar-refractivity contribution >= 4 is 11.9 Å². The third-order valence-electron chi connectivity index (χ3n) is 3.98. The fraction of sp³-hybridized carbons (Fsp3) is 0.143. The first-order chi connectivity index (χ1) is 13.8. The van der Waals surface area contributed by atoms with Gasteiger partial charge in [-0.1, -0.05) is 12.1 Å². The fourth-order valence-corrected chi connectivity index (χ4v) is 2.37. The molecule has 0 aliphatic heterocycles. The highest BCUT2D eigenvalue weighted by molar-refractivity contribution is 5.94. The molecule has 0 saturated carbocycles. The molecule has 0 bridgehead atoms. The zero-order valence-corrected chi connectivity index (χ0v) is 15.6. The van der Waals surface area contributed by atoms with Crippen molar-refractivity contribution in [1.29, 1.82) is 0 Å². The van der Waals surface area contributed by atoms with E-state index in [1.807, 2.05) is 0 Å². The number of carboxylic acid groups (broad SMARTS) is 1. The first-order valence-electron chi connectivity index (χ1n) is 8.60. The van der Waals surface area contributed by atoms with Crippen molar-refractivity contribution in [2.75, 3.05) is 6.61 Å². The third kappa shape index (κ3) is 6.46. The molecule has 0 aliphatic carbocycles. The Labute approximate surface area is 166 Å². The van der Waals surface area contributed by atoms with Crippen LogP contribution in [0, 0.1) is 5.82 Å². The quantitative estimate of drug-likeness (QED) is 0.464. The van der Waals surface area contributed by atoms with Gasteiger partial charge in [-0.05, 0) is 55.0 Å². The number of halogens is 2. The second kappa shape index (κ2) is 10.0. The van der Waals surface area contributed by atoms with Crippen molar-refractivity contribution in [2.45, 2.75) is 13.0 Å². The summed E-state index contributed by atoms with van der Waals surface area (Å²) in [6, 6.07) is 10.7. The largest absolute Gasteiger partial charge is 0.489 e. The molecule has 0 aliphatic rings. The lowest BCUT2D eigenvalue weighted by Crippen LogP contribution is -2.30. The Morgan fingerprint density at radius 1 is 1.17 bits per heavy atom. The molecule has 1 atom stereocenters. The van der Waals surface area contributed by atoms with Gasteiger partial charge in [-0.25, -0.2) is 13.6 Å². The standard InChI is InChI=1S/C21H20F2N2O4/c1-13(14-2-4-15(5-3-14)21(27)28)25-20(26)16(10-18(23)11-24)12-29-19-8-6-17(22)7-9-19/h2-11,13H,12,24H2,1H3,(H,25,26)(H,27,28)/b16-10+,18-11+. The summed E-state index contributed by atoms with van der Waals surface area (Å²) >= 11 is 0. The second-order valence-electron chi connectivity index (χ2n) is 6.09. The van der Waals surface area contributed by atoms with Crippen LogP contribution in [0.1, 0.15) is 28.9 Å². The molecule has 1 amide bonds. The third-order valence-corrected chi connectivity index (χ3v) is 3.98. The SMILES string of the molecule is CC(NC(=O)/C(=C/C(F)=C\N)COc1ccc(F)cc1)c1ccc(C(=O)O)cc1. The van der Waals surface area contributed by atoms with Crippen LogP contribution in [0.5, 0.6) is 5.75 Å². The molecule has 29 heavy (non-hydrogen) atoms. The van der Waals surface area contributed by atoms with Crippen LogP contribution in [0.3, 0.4) is 0 Å². The number of carbonyl (C=O) groups excluding carboxylic acids is 1. The maximum Gasteiger partial charge on any atom is 0.335 e. The summed E-state index contributed by atoms with van der Waals surface area (Å²) in [4.78, 5) is 23.5. The van der Waals surface area contributed by atoms with Gasteiger partial charge in [0, 0.05) is 6.20 Å². The minimum Gasteiger partial charge on any atom is -0.489 e. The lowest BCUT2D eigenvalue weighted by molar-refractivity contribution is -0.118. The number of aromatic carboxylic acids is 1. The molecule has 0 aromatic heterocycles. The zero-order valence-electron chi connectivity index (χ0n) is 15.6. The van der Waals surface area contributed by atoms with Crippen molar-refractivity contribution in [3.63, 3.8) is 0 Å². The Bertz CT molecular complexity index is 923. The lowest BCUT2D eigenvalue weighted by Gasteiger charge is -2.16. The summed E-state index contributed by atoms with van der Waals surface area (Å²) in [5.74, 6) is -2.61. The van der Waals surface area contributed by atoms with Gasteiger partial charge in [0.25, 0.3) is 5.91 Å². The number of hydrogen-bond donors (Lipinski definition) is 3. The predicted molar refractivity (Wildman–Crippen MR) is 103 cm³/mol. The van der Waals surface area contributed by atoms with Crippen LogP contribution in [0.15, 0.2) is 72.2 Å². The number of nitrogens with one attached hydrogen (secondary N) is 1. The molecule has 0 radical (unpaired) electrons. The van der Waals surface area contributed by atoms with Crippen molar-refractivity contribution in [1.82, 2.24) is 5.32 Å². The zero-order chi connectivity index (χ0) is 21.4. The van der Waals surface area contributed by atoms with Crippen LogP contribution in [0.2, 0.25) is 0 Å². The predicted octanol–water partition coefficient (Wildman–Crippen LogP) is 3.48. The molecule has 4 N–H and O–H groups in total. The van der Waals surface area contributed by atoms with Gasteiger partial charge in [0.2, 0.25) is 0 Å². The van der Waals surface area contributed by atoms with Gasteiger partial charge < -0.3 is 20.9 Å². The Morgan fingerprint density at radius 3 is 2.34 bits per heavy atom. The number of benzene rings is 2. The van der Waals surface area contributed by atoms with Crippen LogP contribution in [0.25, 0.3) is 0 Å². The van der Waals surface area contributed by atoms with Crippen molar-refractivity contribution in [3.8, 4) is 5.75 Å². The van der Waals surface area contributed by atoms with E-state index >= 15 is 0 Å². The number of amides is 1. The first-order valence-corrected chi connectivity index (χ1v) is 8.60. The van der Waals surface area contributed by atoms with Crippen LogP contribution in [-0.4, -0.2) is 23.6 Å². The number of carbonyl (C=O) groups is 2. The Balaban J connectivity index is 2.10. The minimum absolute atomic E-state index is 0.0393. The normalized spacial score (nSPS) is 12.9. The van der Waals surface area contributed by atoms with E-state index in [9.17, 15) is 18.4 Å². The molecule has 0 fully saturated rings. The molecular formula is C21H20F2N2O4. The highest BCUT2D eigenvalue weighted by Gasteiger charge is 2.16. The molecule has 0 heterocycles. The average Bonchev–Trinajstić information content (AvgIpc) is 2.71. The molecule has 0 spiro atoms. The van der Waals surface area contributed by atoms with Crippen LogP contribution in [-0.2, 0) is 4.79 Å². The van der Waals surface area contributed by atoms with E-state index < -0.39 is 29.6 Å². The second-order valence-corrected chi connectivity index (χ2v) is 6.09. The van der Waals surface area contributed by atoms with Gasteiger partial charge in [-0.15, -0.1) is 0 Å². The summed E-state index contributed by atoms with van der Waals surface area (Å²) < 4.78 is 32.0. The van der Waals surface area contributed by atoms with E-state index in [2.05, 4.69) is 5.32 Å². The highest BCUT2D eigenvalue weighted by atomic mass is 19.1. The Morgan fingerprint density at radius 2 is 1.79 bits per heavy atom. The van der Waals surface area contributed by atoms with Gasteiger partial charge >= 0.3 is 5.97 Å². The Hall–Kier alpha value is -3.68. The van der Waals surface area contributed by atoms with E-state index in [0.717, 1.165) is 6.08 Å². The number of ether oxygens (including phenoxy) is 1. The molecular weight excluding hydrogens is 382 g/mol. The van der Waals surface area contributed by atoms with E-state index in [0.29, 0.717) is 17.5 Å². The summed E-state index contributed by atoms with van der Waals surface area (Å²) in [5.41, 5.74) is 5.88. The minimum atomic E-state index is -1.06. The number of hydrogen-bond acceptors (Lipinski definition) is 4. The average molecular weight is 402 g/mol. The lowest BCUT2D eigenvalue weighted by atomic mass is 10.1. The van der Waals surface area contributed by atoms with E-state index in [1.54, 1.807) is 19.1 Å². The number of carboxylic acids is 1. The molecule has 0 saturated heterocycles. The number of nitrogens with two attached hydrogens (primary N) is 1. The summed E-state index contributed by atoms with van der Waals surface area (Å²) in [7, 11) is 0. The van der Waals surface area contributed by atoms with Crippen molar-refractivity contribution in [2.24, 2.45) is 5.73 Å². The fourth-order valence-electron chi connectivity index (χ4n) is 2.37. The monoisotopic (exact) mass is 402 g/mol. The maximum absolute atomic E-state index is 13.6. The van der Waals surface area contributed by atoms with Gasteiger partial charge in [-0.2, -0.15) is 0 Å². The molecule has 152 valence electrons. The van der Waals surface area contributed by atoms with Gasteiger partial charge in [0.05, 0.1) is 17.2 Å². The smallest absolute Gasteiger partial charge is 0.335 e. The molecule has 6 nitrogen and oxygen atoms in total. The highest BCUT2D eigenvalue weighted by Crippen LogP contribution is 2.16. The first kappa shape index (κ1) is 21.6. The van der Waals surface area contributed by atoms with Crippen LogP contribution in [0.4, 0.5) is 8.78 Å². The van der Waals surface area contributed by atoms with Crippen molar-refractivity contribution in [3.05, 3.63) is 89.2 Å². The number of allylic oxidation sites excluding steroid dienone is 2. The van der Waals surface area contributed by atoms with Crippen LogP contribution >= 0.6 is 0 Å². The van der Waals surface area contributed by atoms with Crippen molar-refractivity contribution < 1.29 is 28.2 Å². The molecule has 8 heteroatoms. The molecule has 1 unspecified atom stereocenters. The van der Waals surface area contributed by atoms with Gasteiger partial charge in [0.1, 0.15) is 24.0 Å². The van der Waals surface area contributed by atoms with Gasteiger partial charge in [-0.3, -0.25) is 4.79 Å². The van der Waals surface area contributed by atoms with E-state index in [1.165, 1.54) is 36.4 Å². The van der Waals surface area contributed by atoms with E-state index in [-0.39, 0.29) is 17.7 Å². The Kier molecular flexibility index (Phi) is 7.47. The topological polar surface area (TPSA) is 102 Å². The summed E-state index contributed by atoms with van der Waals surface area (Å²) in [6.45, 7) is 1.42. The molecule has 2 aromatic carbocycles. The maximum atomic E-state index is 13.6.